The van der Waals surface area contributed by atoms with Gasteiger partial charge in [-0.15, -0.1) is 10.2 Å². The number of fused-ring (bicyclic) bond motifs is 1. The Hall–Kier alpha value is -3.41. The molecular formula is C21H20N4O2. The van der Waals surface area contributed by atoms with Crippen LogP contribution in [0.5, 0.6) is 0 Å². The molecule has 2 heterocycles. The number of nitrogens with one attached hydrogen (secondary N) is 1. The summed E-state index contributed by atoms with van der Waals surface area (Å²) in [4.78, 5) is 12.5. The van der Waals surface area contributed by atoms with Gasteiger partial charge in [-0.3, -0.25) is 4.79 Å². The first-order valence-corrected chi connectivity index (χ1v) is 8.75. The molecular weight excluding hydrogens is 340 g/mol. The third-order valence-electron chi connectivity index (χ3n) is 4.37. The summed E-state index contributed by atoms with van der Waals surface area (Å²) >= 11 is 0. The Labute approximate surface area is 156 Å². The lowest BCUT2D eigenvalue weighted by Crippen LogP contribution is -2.18. The van der Waals surface area contributed by atoms with Crippen molar-refractivity contribution in [3.8, 4) is 11.5 Å². The molecule has 0 aliphatic heterocycles. The highest BCUT2D eigenvalue weighted by Crippen LogP contribution is 2.24. The number of benzene rings is 2. The van der Waals surface area contributed by atoms with E-state index in [-0.39, 0.29) is 12.5 Å². The largest absolute Gasteiger partial charge is 0.421 e. The van der Waals surface area contributed by atoms with Crippen molar-refractivity contribution in [2.45, 2.75) is 27.3 Å². The molecule has 2 aromatic carbocycles. The van der Waals surface area contributed by atoms with Crippen molar-refractivity contribution < 1.29 is 9.21 Å². The maximum atomic E-state index is 12.5. The van der Waals surface area contributed by atoms with E-state index in [9.17, 15) is 4.79 Å². The van der Waals surface area contributed by atoms with Gasteiger partial charge < -0.3 is 14.3 Å². The zero-order valence-electron chi connectivity index (χ0n) is 15.5. The molecule has 6 nitrogen and oxygen atoms in total. The van der Waals surface area contributed by atoms with E-state index in [0.29, 0.717) is 11.8 Å². The molecule has 0 fully saturated rings. The fourth-order valence-corrected chi connectivity index (χ4v) is 3.27. The number of hydrogen-bond acceptors (Lipinski definition) is 4. The minimum Gasteiger partial charge on any atom is -0.421 e. The Morgan fingerprint density at radius 3 is 2.52 bits per heavy atom. The van der Waals surface area contributed by atoms with Gasteiger partial charge in [-0.1, -0.05) is 12.1 Å². The molecule has 0 aliphatic carbocycles. The Morgan fingerprint density at radius 2 is 1.81 bits per heavy atom. The van der Waals surface area contributed by atoms with Crippen LogP contribution in [0.1, 0.15) is 17.0 Å². The Kier molecular flexibility index (Phi) is 4.24. The van der Waals surface area contributed by atoms with Crippen LogP contribution in [0.15, 0.2) is 53.1 Å². The highest BCUT2D eigenvalue weighted by atomic mass is 16.4. The summed E-state index contributed by atoms with van der Waals surface area (Å²) in [7, 11) is 0. The highest BCUT2D eigenvalue weighted by Gasteiger charge is 2.11. The van der Waals surface area contributed by atoms with Crippen LogP contribution in [0.4, 0.5) is 5.69 Å². The first kappa shape index (κ1) is 17.0. The second kappa shape index (κ2) is 6.72. The highest BCUT2D eigenvalue weighted by molar-refractivity contribution is 5.92. The predicted octanol–water partition coefficient (Wildman–Crippen LogP) is 4.26. The summed E-state index contributed by atoms with van der Waals surface area (Å²) in [5.74, 6) is 0.923. The monoisotopic (exact) mass is 360 g/mol. The fraction of sp³-hybridized carbons (Fsp3) is 0.190. The van der Waals surface area contributed by atoms with Crippen LogP contribution < -0.4 is 5.32 Å². The molecule has 27 heavy (non-hydrogen) atoms. The van der Waals surface area contributed by atoms with Crippen molar-refractivity contribution in [2.24, 2.45) is 0 Å². The Morgan fingerprint density at radius 1 is 1.04 bits per heavy atom. The summed E-state index contributed by atoms with van der Waals surface area (Å²) in [6.07, 6.45) is 1.91. The first-order valence-electron chi connectivity index (χ1n) is 8.75. The van der Waals surface area contributed by atoms with Gasteiger partial charge in [0, 0.05) is 29.9 Å². The lowest BCUT2D eigenvalue weighted by atomic mass is 10.1. The normalized spacial score (nSPS) is 11.1. The number of hydrogen-bond donors (Lipinski definition) is 1. The summed E-state index contributed by atoms with van der Waals surface area (Å²) in [6.45, 7) is 6.02. The SMILES string of the molecule is Cc1cc(C)cc(NC(=O)Cn2ccc3ccc(-c4nnc(C)o4)cc32)c1. The van der Waals surface area contributed by atoms with Gasteiger partial charge in [0.25, 0.3) is 0 Å². The molecule has 1 amide bonds. The van der Waals surface area contributed by atoms with Crippen molar-refractivity contribution in [1.82, 2.24) is 14.8 Å². The molecule has 4 rings (SSSR count). The predicted molar refractivity (Wildman–Crippen MR) is 105 cm³/mol. The molecule has 0 aliphatic rings. The molecule has 4 aromatic rings. The number of aromatic nitrogens is 3. The van der Waals surface area contributed by atoms with E-state index in [1.807, 2.05) is 61.0 Å². The van der Waals surface area contributed by atoms with Gasteiger partial charge in [0.1, 0.15) is 6.54 Å². The topological polar surface area (TPSA) is 73.0 Å². The number of nitrogens with zero attached hydrogens (tertiary/aromatic N) is 3. The number of aryl methyl sites for hydroxylation is 3. The van der Waals surface area contributed by atoms with Crippen LogP contribution in [-0.4, -0.2) is 20.7 Å². The van der Waals surface area contributed by atoms with Crippen molar-refractivity contribution in [3.63, 3.8) is 0 Å². The van der Waals surface area contributed by atoms with E-state index in [4.69, 9.17) is 4.42 Å². The van der Waals surface area contributed by atoms with Gasteiger partial charge in [0.2, 0.25) is 17.7 Å². The van der Waals surface area contributed by atoms with Gasteiger partial charge in [-0.2, -0.15) is 0 Å². The van der Waals surface area contributed by atoms with Crippen molar-refractivity contribution in [3.05, 3.63) is 65.7 Å². The molecule has 0 saturated heterocycles. The van der Waals surface area contributed by atoms with Gasteiger partial charge in [-0.25, -0.2) is 0 Å². The molecule has 0 spiro atoms. The Bertz CT molecular complexity index is 1120. The first-order chi connectivity index (χ1) is 13.0. The van der Waals surface area contributed by atoms with E-state index >= 15 is 0 Å². The second-order valence-corrected chi connectivity index (χ2v) is 6.77. The lowest BCUT2D eigenvalue weighted by Gasteiger charge is -2.09. The number of carbonyl (C=O) groups excluding carboxylic acids is 1. The number of carbonyl (C=O) groups is 1. The van der Waals surface area contributed by atoms with E-state index in [1.54, 1.807) is 6.92 Å². The average Bonchev–Trinajstić information content (AvgIpc) is 3.20. The average molecular weight is 360 g/mol. The molecule has 0 atom stereocenters. The molecule has 6 heteroatoms. The summed E-state index contributed by atoms with van der Waals surface area (Å²) in [6, 6.07) is 13.9. The minimum absolute atomic E-state index is 0.0727. The minimum atomic E-state index is -0.0727. The summed E-state index contributed by atoms with van der Waals surface area (Å²) in [5.41, 5.74) is 4.83. The van der Waals surface area contributed by atoms with E-state index in [2.05, 4.69) is 21.6 Å². The van der Waals surface area contributed by atoms with Crippen LogP contribution in [0.2, 0.25) is 0 Å². The number of amides is 1. The van der Waals surface area contributed by atoms with E-state index in [1.165, 1.54) is 0 Å². The van der Waals surface area contributed by atoms with Crippen LogP contribution >= 0.6 is 0 Å². The zero-order chi connectivity index (χ0) is 19.0. The van der Waals surface area contributed by atoms with Crippen LogP contribution in [0.25, 0.3) is 22.4 Å². The van der Waals surface area contributed by atoms with Crippen molar-refractivity contribution in [2.75, 3.05) is 5.32 Å². The quantitative estimate of drug-likeness (QED) is 0.590. The van der Waals surface area contributed by atoms with E-state index < -0.39 is 0 Å². The third-order valence-corrected chi connectivity index (χ3v) is 4.37. The standard InChI is InChI=1S/C21H20N4O2/c1-13-8-14(2)10-18(9-13)22-20(26)12-25-7-6-16-4-5-17(11-19(16)25)21-24-23-15(3)27-21/h4-11H,12H2,1-3H3,(H,22,26). The lowest BCUT2D eigenvalue weighted by molar-refractivity contribution is -0.116. The molecule has 0 radical (unpaired) electrons. The Balaban J connectivity index is 1.58. The molecule has 0 unspecified atom stereocenters. The fourth-order valence-electron chi connectivity index (χ4n) is 3.27. The molecule has 0 bridgehead atoms. The molecule has 2 aromatic heterocycles. The maximum absolute atomic E-state index is 12.5. The molecule has 0 saturated carbocycles. The van der Waals surface area contributed by atoms with Gasteiger partial charge >= 0.3 is 0 Å². The smallest absolute Gasteiger partial charge is 0.247 e. The summed E-state index contributed by atoms with van der Waals surface area (Å²) in [5, 5.41) is 12.0. The van der Waals surface area contributed by atoms with E-state index in [0.717, 1.165) is 33.3 Å². The van der Waals surface area contributed by atoms with Crippen molar-refractivity contribution in [1.29, 1.82) is 0 Å². The third kappa shape index (κ3) is 3.60. The van der Waals surface area contributed by atoms with Crippen LogP contribution in [0.3, 0.4) is 0 Å². The van der Waals surface area contributed by atoms with Gasteiger partial charge in [-0.05, 0) is 60.7 Å². The summed E-state index contributed by atoms with van der Waals surface area (Å²) < 4.78 is 7.42. The second-order valence-electron chi connectivity index (χ2n) is 6.77. The van der Waals surface area contributed by atoms with Crippen LogP contribution in [0, 0.1) is 20.8 Å². The number of anilines is 1. The van der Waals surface area contributed by atoms with Gasteiger partial charge in [0.15, 0.2) is 0 Å². The van der Waals surface area contributed by atoms with Crippen molar-refractivity contribution >= 4 is 22.5 Å². The molecule has 136 valence electrons. The molecule has 1 N–H and O–H groups in total. The zero-order valence-corrected chi connectivity index (χ0v) is 15.5. The maximum Gasteiger partial charge on any atom is 0.247 e. The number of rotatable bonds is 4. The van der Waals surface area contributed by atoms with Gasteiger partial charge in [0.05, 0.1) is 0 Å². The van der Waals surface area contributed by atoms with Crippen LogP contribution in [-0.2, 0) is 11.3 Å².